The molecule has 5 heterocycles. The zero-order valence-corrected chi connectivity index (χ0v) is 22.5. The SMILES string of the molecule is C[C@H](CN1CCCC1)NC(=O)c1cc(N2CCC(c3c[nH]c4ncccc34)CC2)nc(OCC2(C#N)CC2)n1. The Morgan fingerprint density at radius 2 is 2.05 bits per heavy atom. The number of likely N-dealkylation sites (tertiary alicyclic amines) is 1. The molecule has 1 saturated carbocycles. The van der Waals surface area contributed by atoms with Gasteiger partial charge in [0.2, 0.25) is 0 Å². The third-order valence-electron chi connectivity index (χ3n) is 8.34. The highest BCUT2D eigenvalue weighted by Gasteiger charge is 2.44. The first-order chi connectivity index (χ1) is 19.0. The molecule has 10 nitrogen and oxygen atoms in total. The average molecular weight is 529 g/mol. The van der Waals surface area contributed by atoms with Crippen molar-refractivity contribution in [2.45, 2.75) is 57.4 Å². The number of amides is 1. The standard InChI is InChI=1S/C29H36N8O2/c1-20(17-36-11-2-3-12-36)33-27(38)24-15-25(35-28(34-24)39-19-29(18-30)8-9-29)37-13-6-21(7-14-37)23-16-32-26-22(23)5-4-10-31-26/h4-5,10,15-16,20-21H,2-3,6-9,11-14,17,19H2,1H3,(H,31,32)(H,33,38)/t20-/m1/s1. The summed E-state index contributed by atoms with van der Waals surface area (Å²) in [5.74, 6) is 0.896. The molecule has 0 bridgehead atoms. The number of anilines is 1. The summed E-state index contributed by atoms with van der Waals surface area (Å²) < 4.78 is 5.92. The minimum Gasteiger partial charge on any atom is -0.462 e. The van der Waals surface area contributed by atoms with Crippen LogP contribution in [0.3, 0.4) is 0 Å². The van der Waals surface area contributed by atoms with Crippen molar-refractivity contribution in [2.75, 3.05) is 44.2 Å². The Morgan fingerprint density at radius 3 is 2.79 bits per heavy atom. The molecule has 204 valence electrons. The van der Waals surface area contributed by atoms with Crippen LogP contribution in [0.25, 0.3) is 11.0 Å². The zero-order chi connectivity index (χ0) is 26.8. The van der Waals surface area contributed by atoms with Crippen LogP contribution in [0.2, 0.25) is 0 Å². The quantitative estimate of drug-likeness (QED) is 0.432. The van der Waals surface area contributed by atoms with Crippen molar-refractivity contribution in [2.24, 2.45) is 5.41 Å². The molecule has 6 rings (SSSR count). The normalized spacial score (nSPS) is 20.1. The van der Waals surface area contributed by atoms with Crippen LogP contribution in [-0.4, -0.2) is 76.1 Å². The van der Waals surface area contributed by atoms with E-state index >= 15 is 0 Å². The molecule has 3 aromatic heterocycles. The highest BCUT2D eigenvalue weighted by molar-refractivity contribution is 5.93. The lowest BCUT2D eigenvalue weighted by molar-refractivity contribution is 0.0925. The number of hydrogen-bond acceptors (Lipinski definition) is 8. The van der Waals surface area contributed by atoms with E-state index in [1.807, 2.05) is 19.2 Å². The average Bonchev–Trinajstić information content (AvgIpc) is 3.33. The molecule has 3 aromatic rings. The van der Waals surface area contributed by atoms with Crippen molar-refractivity contribution >= 4 is 22.8 Å². The van der Waals surface area contributed by atoms with E-state index in [0.717, 1.165) is 64.1 Å². The van der Waals surface area contributed by atoms with Gasteiger partial charge in [-0.3, -0.25) is 4.79 Å². The van der Waals surface area contributed by atoms with Crippen LogP contribution in [0.15, 0.2) is 30.6 Å². The van der Waals surface area contributed by atoms with Gasteiger partial charge >= 0.3 is 6.01 Å². The molecule has 3 fully saturated rings. The highest BCUT2D eigenvalue weighted by Crippen LogP contribution is 2.45. The van der Waals surface area contributed by atoms with Gasteiger partial charge in [-0.2, -0.15) is 15.2 Å². The summed E-state index contributed by atoms with van der Waals surface area (Å²) in [5.41, 5.74) is 2.09. The number of carbonyl (C=O) groups is 1. The van der Waals surface area contributed by atoms with Crippen molar-refractivity contribution in [3.63, 3.8) is 0 Å². The number of fused-ring (bicyclic) bond motifs is 1. The van der Waals surface area contributed by atoms with E-state index in [2.05, 4.69) is 53.4 Å². The molecular formula is C29H36N8O2. The second-order valence-corrected chi connectivity index (χ2v) is 11.4. The number of nitrogens with one attached hydrogen (secondary N) is 2. The molecule has 1 aliphatic carbocycles. The van der Waals surface area contributed by atoms with Crippen LogP contribution < -0.4 is 15.0 Å². The molecule has 0 aromatic carbocycles. The Labute approximate surface area is 228 Å². The summed E-state index contributed by atoms with van der Waals surface area (Å²) in [6.45, 7) is 6.89. The lowest BCUT2D eigenvalue weighted by Gasteiger charge is -2.33. The maximum Gasteiger partial charge on any atom is 0.319 e. The smallest absolute Gasteiger partial charge is 0.319 e. The van der Waals surface area contributed by atoms with Gasteiger partial charge < -0.3 is 24.8 Å². The first kappa shape index (κ1) is 25.6. The third-order valence-corrected chi connectivity index (χ3v) is 8.34. The highest BCUT2D eigenvalue weighted by atomic mass is 16.5. The van der Waals surface area contributed by atoms with E-state index in [0.29, 0.717) is 17.4 Å². The maximum absolute atomic E-state index is 13.3. The Morgan fingerprint density at radius 1 is 1.26 bits per heavy atom. The number of piperidine rings is 1. The first-order valence-electron chi connectivity index (χ1n) is 14.2. The molecule has 2 saturated heterocycles. The van der Waals surface area contributed by atoms with Gasteiger partial charge in [0, 0.05) is 49.5 Å². The number of aromatic amines is 1. The van der Waals surface area contributed by atoms with Crippen LogP contribution in [0.4, 0.5) is 5.82 Å². The zero-order valence-electron chi connectivity index (χ0n) is 22.5. The van der Waals surface area contributed by atoms with Crippen molar-refractivity contribution in [1.29, 1.82) is 5.26 Å². The van der Waals surface area contributed by atoms with E-state index in [1.165, 1.54) is 23.8 Å². The topological polar surface area (TPSA) is 123 Å². The number of pyridine rings is 1. The van der Waals surface area contributed by atoms with Crippen LogP contribution in [0.5, 0.6) is 6.01 Å². The fourth-order valence-corrected chi connectivity index (χ4v) is 5.83. The second kappa shape index (κ2) is 10.8. The molecule has 39 heavy (non-hydrogen) atoms. The van der Waals surface area contributed by atoms with Crippen molar-refractivity contribution in [1.82, 2.24) is 30.2 Å². The van der Waals surface area contributed by atoms with E-state index in [4.69, 9.17) is 4.74 Å². The fraction of sp³-hybridized carbons (Fsp3) is 0.552. The molecule has 0 spiro atoms. The van der Waals surface area contributed by atoms with Gasteiger partial charge in [-0.15, -0.1) is 0 Å². The molecule has 1 atom stereocenters. The second-order valence-electron chi connectivity index (χ2n) is 11.4. The molecule has 0 radical (unpaired) electrons. The fourth-order valence-electron chi connectivity index (χ4n) is 5.83. The van der Waals surface area contributed by atoms with Crippen LogP contribution >= 0.6 is 0 Å². The molecule has 0 unspecified atom stereocenters. The largest absolute Gasteiger partial charge is 0.462 e. The van der Waals surface area contributed by atoms with Crippen LogP contribution in [-0.2, 0) is 0 Å². The maximum atomic E-state index is 13.3. The number of aromatic nitrogens is 4. The number of H-pyrrole nitrogens is 1. The van der Waals surface area contributed by atoms with Crippen LogP contribution in [0.1, 0.15) is 67.4 Å². The van der Waals surface area contributed by atoms with E-state index in [1.54, 1.807) is 6.07 Å². The number of rotatable bonds is 9. The number of hydrogen-bond donors (Lipinski definition) is 2. The van der Waals surface area contributed by atoms with E-state index < -0.39 is 5.41 Å². The summed E-state index contributed by atoms with van der Waals surface area (Å²) in [6, 6.07) is 8.40. The number of carbonyl (C=O) groups excluding carboxylic acids is 1. The van der Waals surface area contributed by atoms with Gasteiger partial charge in [0.25, 0.3) is 5.91 Å². The lowest BCUT2D eigenvalue weighted by Crippen LogP contribution is -2.41. The minimum atomic E-state index is -0.446. The Hall–Kier alpha value is -3.71. The Balaban J connectivity index is 1.17. The van der Waals surface area contributed by atoms with Gasteiger partial charge in [0.15, 0.2) is 0 Å². The molecule has 2 aliphatic heterocycles. The monoisotopic (exact) mass is 528 g/mol. The molecular weight excluding hydrogens is 492 g/mol. The van der Waals surface area contributed by atoms with Gasteiger partial charge in [0.1, 0.15) is 23.8 Å². The summed E-state index contributed by atoms with van der Waals surface area (Å²) in [7, 11) is 0. The van der Waals surface area contributed by atoms with Crippen LogP contribution in [0, 0.1) is 16.7 Å². The molecule has 1 amide bonds. The van der Waals surface area contributed by atoms with Crippen molar-refractivity contribution in [3.05, 3.63) is 41.9 Å². The lowest BCUT2D eigenvalue weighted by atomic mass is 9.89. The van der Waals surface area contributed by atoms with Gasteiger partial charge in [-0.1, -0.05) is 0 Å². The third kappa shape index (κ3) is 5.69. The summed E-state index contributed by atoms with van der Waals surface area (Å²) in [5, 5.41) is 13.8. The summed E-state index contributed by atoms with van der Waals surface area (Å²) in [6.07, 6.45) is 9.90. The Bertz CT molecular complexity index is 1360. The molecule has 3 aliphatic rings. The number of nitrogens with zero attached hydrogens (tertiary/aromatic N) is 6. The predicted octanol–water partition coefficient (Wildman–Crippen LogP) is 3.63. The van der Waals surface area contributed by atoms with Gasteiger partial charge in [-0.25, -0.2) is 4.98 Å². The summed E-state index contributed by atoms with van der Waals surface area (Å²) in [4.78, 5) is 34.7. The van der Waals surface area contributed by atoms with E-state index in [-0.39, 0.29) is 24.6 Å². The van der Waals surface area contributed by atoms with Crippen molar-refractivity contribution < 1.29 is 9.53 Å². The summed E-state index contributed by atoms with van der Waals surface area (Å²) >= 11 is 0. The van der Waals surface area contributed by atoms with Gasteiger partial charge in [0.05, 0.1) is 11.5 Å². The predicted molar refractivity (Wildman–Crippen MR) is 148 cm³/mol. The Kier molecular flexibility index (Phi) is 7.09. The number of ether oxygens (including phenoxy) is 1. The first-order valence-corrected chi connectivity index (χ1v) is 14.2. The minimum absolute atomic E-state index is 0.00751. The molecule has 2 N–H and O–H groups in total. The van der Waals surface area contributed by atoms with Gasteiger partial charge in [-0.05, 0) is 82.2 Å². The molecule has 10 heteroatoms. The number of nitriles is 1. The van der Waals surface area contributed by atoms with E-state index in [9.17, 15) is 10.1 Å². The van der Waals surface area contributed by atoms with Crippen molar-refractivity contribution in [3.8, 4) is 12.1 Å².